The molecule has 1 aliphatic heterocycles. The summed E-state index contributed by atoms with van der Waals surface area (Å²) in [5.74, 6) is 0. The van der Waals surface area contributed by atoms with Crippen LogP contribution in [0.1, 0.15) is 27.7 Å². The van der Waals surface area contributed by atoms with Gasteiger partial charge in [-0.15, -0.1) is 0 Å². The zero-order valence-electron chi connectivity index (χ0n) is 10.7. The van der Waals surface area contributed by atoms with E-state index in [4.69, 9.17) is 44.1 Å². The zero-order valence-corrected chi connectivity index (χ0v) is 13.0. The quantitative estimate of drug-likeness (QED) is 0.578. The van der Waals surface area contributed by atoms with Gasteiger partial charge in [0.2, 0.25) is 0 Å². The maximum absolute atomic E-state index is 6.19. The van der Waals surface area contributed by atoms with Crippen molar-refractivity contribution in [2.75, 3.05) is 0 Å². The minimum Gasteiger partial charge on any atom is -0.399 e. The molecule has 0 N–H and O–H groups in total. The second-order valence-corrected chi connectivity index (χ2v) is 6.52. The van der Waals surface area contributed by atoms with Crippen molar-refractivity contribution in [2.24, 2.45) is 0 Å². The van der Waals surface area contributed by atoms with E-state index in [-0.39, 0.29) is 0 Å². The Kier molecular flexibility index (Phi) is 3.68. The molecule has 1 fully saturated rings. The van der Waals surface area contributed by atoms with Crippen LogP contribution >= 0.6 is 34.8 Å². The summed E-state index contributed by atoms with van der Waals surface area (Å²) in [4.78, 5) is 0. The first kappa shape index (κ1) is 14.5. The van der Waals surface area contributed by atoms with E-state index in [0.717, 1.165) is 0 Å². The molecule has 0 aromatic heterocycles. The normalized spacial score (nSPS) is 21.4. The second kappa shape index (κ2) is 4.57. The maximum Gasteiger partial charge on any atom is 0.496 e. The van der Waals surface area contributed by atoms with Gasteiger partial charge in [-0.1, -0.05) is 40.9 Å². The van der Waals surface area contributed by atoms with E-state index in [1.165, 1.54) is 0 Å². The highest BCUT2D eigenvalue weighted by molar-refractivity contribution is 6.67. The van der Waals surface area contributed by atoms with Crippen LogP contribution < -0.4 is 5.46 Å². The first-order valence-electron chi connectivity index (χ1n) is 5.65. The van der Waals surface area contributed by atoms with Crippen molar-refractivity contribution in [1.82, 2.24) is 0 Å². The van der Waals surface area contributed by atoms with Crippen LogP contribution in [0.4, 0.5) is 0 Å². The number of benzene rings is 1. The van der Waals surface area contributed by atoms with Gasteiger partial charge in [-0.3, -0.25) is 0 Å². The largest absolute Gasteiger partial charge is 0.496 e. The lowest BCUT2D eigenvalue weighted by atomic mass is 9.79. The van der Waals surface area contributed by atoms with Gasteiger partial charge < -0.3 is 9.31 Å². The van der Waals surface area contributed by atoms with Crippen molar-refractivity contribution < 1.29 is 9.31 Å². The minimum absolute atomic E-state index is 0.325. The van der Waals surface area contributed by atoms with E-state index in [0.29, 0.717) is 20.5 Å². The molecule has 0 amide bonds. The highest BCUT2D eigenvalue weighted by Crippen LogP contribution is 2.38. The summed E-state index contributed by atoms with van der Waals surface area (Å²) in [5.41, 5.74) is -0.120. The molecular weight excluding hydrogens is 293 g/mol. The first-order chi connectivity index (χ1) is 8.16. The molecule has 0 unspecified atom stereocenters. The van der Waals surface area contributed by atoms with Gasteiger partial charge in [-0.2, -0.15) is 0 Å². The van der Waals surface area contributed by atoms with Crippen molar-refractivity contribution in [3.63, 3.8) is 0 Å². The molecule has 0 aliphatic carbocycles. The average molecular weight is 307 g/mol. The third-order valence-corrected chi connectivity index (χ3v) is 4.88. The van der Waals surface area contributed by atoms with Crippen molar-refractivity contribution in [3.8, 4) is 0 Å². The van der Waals surface area contributed by atoms with Crippen LogP contribution in [0.25, 0.3) is 0 Å². The SMILES string of the molecule is CC1(C)OB(c2ccc(Cl)c(Cl)c2Cl)OC1(C)C. The van der Waals surface area contributed by atoms with Gasteiger partial charge in [0.25, 0.3) is 0 Å². The Balaban J connectivity index is 2.39. The smallest absolute Gasteiger partial charge is 0.399 e. The second-order valence-electron chi connectivity index (χ2n) is 5.35. The molecule has 0 spiro atoms. The molecule has 1 aromatic carbocycles. The molecule has 98 valence electrons. The molecule has 1 aromatic rings. The molecule has 0 atom stereocenters. The van der Waals surface area contributed by atoms with Crippen LogP contribution in [-0.2, 0) is 9.31 Å². The summed E-state index contributed by atoms with van der Waals surface area (Å²) in [7, 11) is -0.530. The fourth-order valence-electron chi connectivity index (χ4n) is 1.69. The molecule has 1 saturated heterocycles. The Morgan fingerprint density at radius 1 is 0.889 bits per heavy atom. The summed E-state index contributed by atoms with van der Waals surface area (Å²) in [6.45, 7) is 7.94. The molecule has 1 heterocycles. The lowest BCUT2D eigenvalue weighted by molar-refractivity contribution is 0.00578. The molecular formula is C12H14BCl3O2. The summed E-state index contributed by atoms with van der Waals surface area (Å²) in [6, 6.07) is 3.47. The third kappa shape index (κ3) is 2.27. The van der Waals surface area contributed by atoms with E-state index >= 15 is 0 Å². The lowest BCUT2D eigenvalue weighted by Gasteiger charge is -2.32. The van der Waals surface area contributed by atoms with Crippen molar-refractivity contribution >= 4 is 47.4 Å². The molecule has 6 heteroatoms. The number of halogens is 3. The van der Waals surface area contributed by atoms with Crippen LogP contribution in [-0.4, -0.2) is 18.3 Å². The fraction of sp³-hybridized carbons (Fsp3) is 0.500. The molecule has 2 nitrogen and oxygen atoms in total. The Labute approximate surface area is 123 Å². The summed E-state index contributed by atoms with van der Waals surface area (Å²) < 4.78 is 11.8. The Bertz CT molecular complexity index is 472. The summed E-state index contributed by atoms with van der Waals surface area (Å²) in [6.07, 6.45) is 0. The van der Waals surface area contributed by atoms with Crippen LogP contribution in [0, 0.1) is 0 Å². The van der Waals surface area contributed by atoms with E-state index in [9.17, 15) is 0 Å². The molecule has 0 radical (unpaired) electrons. The third-order valence-electron chi connectivity index (χ3n) is 3.57. The summed E-state index contributed by atoms with van der Waals surface area (Å²) in [5, 5.41) is 1.12. The van der Waals surface area contributed by atoms with Gasteiger partial charge in [0.05, 0.1) is 26.3 Å². The molecule has 0 saturated carbocycles. The monoisotopic (exact) mass is 306 g/mol. The van der Waals surface area contributed by atoms with Crippen molar-refractivity contribution in [3.05, 3.63) is 27.2 Å². The zero-order chi connectivity index (χ0) is 13.7. The van der Waals surface area contributed by atoms with Crippen LogP contribution in [0.2, 0.25) is 15.1 Å². The number of hydrogen-bond acceptors (Lipinski definition) is 2. The van der Waals surface area contributed by atoms with E-state index in [1.807, 2.05) is 27.7 Å². The first-order valence-corrected chi connectivity index (χ1v) is 6.78. The highest BCUT2D eigenvalue weighted by atomic mass is 35.5. The predicted octanol–water partition coefficient (Wildman–Crippen LogP) is 3.95. The fourth-order valence-corrected chi connectivity index (χ4v) is 2.32. The maximum atomic E-state index is 6.19. The number of hydrogen-bond donors (Lipinski definition) is 0. The van der Waals surface area contributed by atoms with Crippen molar-refractivity contribution in [1.29, 1.82) is 0 Å². The standard InChI is InChI=1S/C12H14BCl3O2/c1-11(2)12(3,4)18-13(17-11)7-5-6-8(14)10(16)9(7)15/h5-6H,1-4H3. The van der Waals surface area contributed by atoms with E-state index in [1.54, 1.807) is 12.1 Å². The lowest BCUT2D eigenvalue weighted by Crippen LogP contribution is -2.41. The van der Waals surface area contributed by atoms with Gasteiger partial charge >= 0.3 is 7.12 Å². The molecule has 0 bridgehead atoms. The molecule has 1 aliphatic rings. The molecule has 18 heavy (non-hydrogen) atoms. The van der Waals surface area contributed by atoms with Gasteiger partial charge in [0.1, 0.15) is 0 Å². The van der Waals surface area contributed by atoms with Gasteiger partial charge in [0, 0.05) is 5.46 Å². The molecule has 2 rings (SSSR count). The van der Waals surface area contributed by atoms with Crippen molar-refractivity contribution in [2.45, 2.75) is 38.9 Å². The Morgan fingerprint density at radius 3 is 1.89 bits per heavy atom. The van der Waals surface area contributed by atoms with Gasteiger partial charge in [-0.05, 0) is 33.8 Å². The topological polar surface area (TPSA) is 18.5 Å². The van der Waals surface area contributed by atoms with Crippen LogP contribution in [0.3, 0.4) is 0 Å². The minimum atomic E-state index is -0.530. The van der Waals surface area contributed by atoms with E-state index < -0.39 is 18.3 Å². The van der Waals surface area contributed by atoms with Gasteiger partial charge in [0.15, 0.2) is 0 Å². The van der Waals surface area contributed by atoms with Gasteiger partial charge in [-0.25, -0.2) is 0 Å². The highest BCUT2D eigenvalue weighted by Gasteiger charge is 2.52. The Morgan fingerprint density at radius 2 is 1.39 bits per heavy atom. The average Bonchev–Trinajstić information content (AvgIpc) is 2.45. The van der Waals surface area contributed by atoms with Crippen LogP contribution in [0.15, 0.2) is 12.1 Å². The predicted molar refractivity (Wildman–Crippen MR) is 77.2 cm³/mol. The Hall–Kier alpha value is 0.0749. The van der Waals surface area contributed by atoms with E-state index in [2.05, 4.69) is 0 Å². The summed E-state index contributed by atoms with van der Waals surface area (Å²) >= 11 is 18.1. The van der Waals surface area contributed by atoms with Crippen LogP contribution in [0.5, 0.6) is 0 Å². The number of rotatable bonds is 1.